The Balaban J connectivity index is 0.00000139. The van der Waals surface area contributed by atoms with Gasteiger partial charge in [-0.25, -0.2) is 8.42 Å². The number of carboxylic acid groups (broad SMARTS) is 1. The third kappa shape index (κ3) is 7.62. The SMILES string of the molecule is CCc1cn2c3c(cc(C(=O)N[C@@H](Cc4ccccc4)[C@H](O)CNCc4cnc5ccccc5c4)cc13)N(C)S(=O)(=O)CC2.O=CO. The van der Waals surface area contributed by atoms with Gasteiger partial charge in [-0.2, -0.15) is 0 Å². The Bertz CT molecular complexity index is 1980. The number of para-hydroxylation sites is 1. The Morgan fingerprint density at radius 3 is 2.53 bits per heavy atom. The average Bonchev–Trinajstić information content (AvgIpc) is 3.40. The summed E-state index contributed by atoms with van der Waals surface area (Å²) in [6, 6.07) is 22.6. The zero-order chi connectivity index (χ0) is 33.6. The van der Waals surface area contributed by atoms with Crippen LogP contribution in [-0.4, -0.2) is 72.1 Å². The summed E-state index contributed by atoms with van der Waals surface area (Å²) in [4.78, 5) is 26.7. The largest absolute Gasteiger partial charge is 0.483 e. The number of sulfonamides is 1. The highest BCUT2D eigenvalue weighted by atomic mass is 32.2. The van der Waals surface area contributed by atoms with E-state index in [1.165, 1.54) is 4.31 Å². The van der Waals surface area contributed by atoms with Gasteiger partial charge < -0.3 is 25.4 Å². The van der Waals surface area contributed by atoms with Crippen LogP contribution in [0.15, 0.2) is 85.2 Å². The first-order valence-electron chi connectivity index (χ1n) is 15.4. The maximum absolute atomic E-state index is 13.8. The molecule has 246 valence electrons. The molecule has 3 aromatic carbocycles. The number of hydrogen-bond acceptors (Lipinski definition) is 7. The monoisotopic (exact) mass is 657 g/mol. The van der Waals surface area contributed by atoms with E-state index in [1.807, 2.05) is 84.5 Å². The van der Waals surface area contributed by atoms with Crippen LogP contribution in [-0.2, 0) is 40.7 Å². The van der Waals surface area contributed by atoms with Crippen LogP contribution in [0.4, 0.5) is 5.69 Å². The molecule has 5 aromatic rings. The lowest BCUT2D eigenvalue weighted by atomic mass is 9.99. The summed E-state index contributed by atoms with van der Waals surface area (Å²) in [5, 5.41) is 26.5. The zero-order valence-corrected chi connectivity index (χ0v) is 27.2. The van der Waals surface area contributed by atoms with Gasteiger partial charge in [-0.15, -0.1) is 0 Å². The van der Waals surface area contributed by atoms with E-state index < -0.39 is 22.2 Å². The molecule has 47 heavy (non-hydrogen) atoms. The van der Waals surface area contributed by atoms with Crippen LogP contribution in [0.3, 0.4) is 0 Å². The molecule has 0 aliphatic carbocycles. The van der Waals surface area contributed by atoms with Crippen LogP contribution in [0.1, 0.15) is 34.0 Å². The minimum absolute atomic E-state index is 0.0136. The van der Waals surface area contributed by atoms with Crippen LogP contribution in [0.2, 0.25) is 0 Å². The Hall–Kier alpha value is -4.78. The molecule has 2 aromatic heterocycles. The highest BCUT2D eigenvalue weighted by Crippen LogP contribution is 2.35. The highest BCUT2D eigenvalue weighted by Gasteiger charge is 2.29. The first kappa shape index (κ1) is 33.6. The minimum Gasteiger partial charge on any atom is -0.483 e. The lowest BCUT2D eigenvalue weighted by molar-refractivity contribution is -0.122. The fourth-order valence-electron chi connectivity index (χ4n) is 5.94. The molecule has 0 unspecified atom stereocenters. The standard InChI is InChI=1S/C34H37N5O4S.CH2O2/c1-3-25-22-39-13-14-44(42,43)38(2)31-18-27(17-28(25)33(31)39)34(41)37-30(16-23-9-5-4-6-10-23)32(40)21-35-19-24-15-26-11-7-8-12-29(26)36-20-24;2-1-3/h4-12,15,17-18,20,22,30,32,35,40H,3,13-14,16,19,21H2,1-2H3,(H,37,41);1H,(H,2,3)/t30-,32+;/m0./s1. The number of aliphatic hydroxyl groups excluding tert-OH is 1. The van der Waals surface area contributed by atoms with Gasteiger partial charge in [0.05, 0.1) is 34.6 Å². The molecule has 11 nitrogen and oxygen atoms in total. The number of benzene rings is 3. The van der Waals surface area contributed by atoms with Gasteiger partial charge >= 0.3 is 0 Å². The highest BCUT2D eigenvalue weighted by molar-refractivity contribution is 7.92. The van der Waals surface area contributed by atoms with E-state index in [9.17, 15) is 18.3 Å². The van der Waals surface area contributed by atoms with Gasteiger partial charge in [-0.3, -0.25) is 18.9 Å². The summed E-state index contributed by atoms with van der Waals surface area (Å²) >= 11 is 0. The van der Waals surface area contributed by atoms with Crippen LogP contribution in [0.5, 0.6) is 0 Å². The van der Waals surface area contributed by atoms with Crippen molar-refractivity contribution in [3.8, 4) is 0 Å². The molecule has 1 aliphatic rings. The third-order valence-corrected chi connectivity index (χ3v) is 10.2. The van der Waals surface area contributed by atoms with Gasteiger partial charge in [0.2, 0.25) is 10.0 Å². The van der Waals surface area contributed by atoms with Gasteiger partial charge in [0.25, 0.3) is 12.4 Å². The molecule has 4 N–H and O–H groups in total. The van der Waals surface area contributed by atoms with E-state index in [-0.39, 0.29) is 24.7 Å². The molecule has 3 heterocycles. The Labute approximate surface area is 273 Å². The van der Waals surface area contributed by atoms with E-state index in [1.54, 1.807) is 13.1 Å². The number of aryl methyl sites for hydroxylation is 2. The number of amides is 1. The van der Waals surface area contributed by atoms with Crippen molar-refractivity contribution in [3.05, 3.63) is 107 Å². The predicted molar refractivity (Wildman–Crippen MR) is 183 cm³/mol. The lowest BCUT2D eigenvalue weighted by Crippen LogP contribution is -2.48. The van der Waals surface area contributed by atoms with Crippen LogP contribution < -0.4 is 14.9 Å². The van der Waals surface area contributed by atoms with Crippen molar-refractivity contribution < 1.29 is 28.2 Å². The normalized spacial score (nSPS) is 14.9. The number of aromatic nitrogens is 2. The Morgan fingerprint density at radius 2 is 1.79 bits per heavy atom. The number of anilines is 1. The fraction of sp³-hybridized carbons (Fsp3) is 0.286. The second kappa shape index (κ2) is 14.8. The van der Waals surface area contributed by atoms with E-state index >= 15 is 0 Å². The number of nitrogens with one attached hydrogen (secondary N) is 2. The molecule has 0 saturated heterocycles. The maximum Gasteiger partial charge on any atom is 0.290 e. The Kier molecular flexibility index (Phi) is 10.5. The predicted octanol–water partition coefficient (Wildman–Crippen LogP) is 3.72. The number of nitrogens with zero attached hydrogens (tertiary/aromatic N) is 3. The molecule has 0 radical (unpaired) electrons. The van der Waals surface area contributed by atoms with Crippen molar-refractivity contribution in [2.75, 3.05) is 23.7 Å². The number of rotatable bonds is 10. The van der Waals surface area contributed by atoms with Crippen molar-refractivity contribution in [1.82, 2.24) is 20.2 Å². The molecular weight excluding hydrogens is 618 g/mol. The van der Waals surface area contributed by atoms with Crippen molar-refractivity contribution in [1.29, 1.82) is 0 Å². The average molecular weight is 658 g/mol. The molecule has 2 atom stereocenters. The van der Waals surface area contributed by atoms with E-state index in [0.29, 0.717) is 30.8 Å². The molecule has 0 fully saturated rings. The van der Waals surface area contributed by atoms with Crippen molar-refractivity contribution in [2.45, 2.75) is 45.0 Å². The summed E-state index contributed by atoms with van der Waals surface area (Å²) in [7, 11) is -2.00. The van der Waals surface area contributed by atoms with Gasteiger partial charge in [-0.1, -0.05) is 55.5 Å². The summed E-state index contributed by atoms with van der Waals surface area (Å²) in [6.45, 7) is 2.91. The van der Waals surface area contributed by atoms with E-state index in [4.69, 9.17) is 9.90 Å². The zero-order valence-electron chi connectivity index (χ0n) is 26.3. The molecule has 0 bridgehead atoms. The number of hydrogen-bond donors (Lipinski definition) is 4. The number of aliphatic hydroxyl groups is 1. The van der Waals surface area contributed by atoms with Crippen LogP contribution >= 0.6 is 0 Å². The molecule has 1 amide bonds. The molecule has 1 aliphatic heterocycles. The van der Waals surface area contributed by atoms with Gasteiger partial charge in [0, 0.05) is 55.4 Å². The first-order chi connectivity index (χ1) is 22.6. The van der Waals surface area contributed by atoms with E-state index in [2.05, 4.69) is 21.7 Å². The van der Waals surface area contributed by atoms with Gasteiger partial charge in [0.1, 0.15) is 0 Å². The lowest BCUT2D eigenvalue weighted by Gasteiger charge is -2.25. The molecule has 0 saturated carbocycles. The molecule has 6 rings (SSSR count). The fourth-order valence-corrected chi connectivity index (χ4v) is 7.08. The number of carbonyl (C=O) groups is 2. The topological polar surface area (TPSA) is 154 Å². The second-order valence-corrected chi connectivity index (χ2v) is 13.6. The molecule has 0 spiro atoms. The van der Waals surface area contributed by atoms with Crippen molar-refractivity contribution in [2.24, 2.45) is 0 Å². The Morgan fingerprint density at radius 1 is 1.06 bits per heavy atom. The van der Waals surface area contributed by atoms with Crippen LogP contribution in [0, 0.1) is 0 Å². The summed E-state index contributed by atoms with van der Waals surface area (Å²) in [5.41, 5.74) is 5.60. The smallest absolute Gasteiger partial charge is 0.290 e. The molecule has 12 heteroatoms. The number of carbonyl (C=O) groups excluding carboxylic acids is 1. The number of pyridine rings is 1. The first-order valence-corrected chi connectivity index (χ1v) is 17.0. The molecular formula is C35H39N5O6S. The number of fused-ring (bicyclic) bond motifs is 1. The van der Waals surface area contributed by atoms with Gasteiger partial charge in [0.15, 0.2) is 0 Å². The third-order valence-electron chi connectivity index (χ3n) is 8.43. The summed E-state index contributed by atoms with van der Waals surface area (Å²) in [5.74, 6) is -0.382. The quantitative estimate of drug-likeness (QED) is 0.166. The van der Waals surface area contributed by atoms with Crippen molar-refractivity contribution >= 4 is 49.9 Å². The van der Waals surface area contributed by atoms with Gasteiger partial charge in [-0.05, 0) is 53.8 Å². The summed E-state index contributed by atoms with van der Waals surface area (Å²) in [6.07, 6.45) is 4.09. The minimum atomic E-state index is -3.54. The second-order valence-electron chi connectivity index (χ2n) is 11.5. The van der Waals surface area contributed by atoms with E-state index in [0.717, 1.165) is 44.9 Å². The van der Waals surface area contributed by atoms with Crippen molar-refractivity contribution in [3.63, 3.8) is 0 Å². The van der Waals surface area contributed by atoms with Crippen LogP contribution in [0.25, 0.3) is 21.8 Å². The summed E-state index contributed by atoms with van der Waals surface area (Å²) < 4.78 is 29.2. The maximum atomic E-state index is 13.8.